The lowest BCUT2D eigenvalue weighted by Gasteiger charge is -2.12. The summed E-state index contributed by atoms with van der Waals surface area (Å²) in [6.45, 7) is 4.01. The Bertz CT molecular complexity index is 257. The SMILES string of the molecule is C=C1CCCc2[nH]ccc21. The normalized spacial score (nSPS) is 17.0. The van der Waals surface area contributed by atoms with Gasteiger partial charge in [-0.25, -0.2) is 0 Å². The number of nitrogens with one attached hydrogen (secondary N) is 1. The molecule has 0 spiro atoms. The molecule has 1 heterocycles. The van der Waals surface area contributed by atoms with Gasteiger partial charge in [0.2, 0.25) is 0 Å². The van der Waals surface area contributed by atoms with Crippen LogP contribution in [0.5, 0.6) is 0 Å². The lowest BCUT2D eigenvalue weighted by Crippen LogP contribution is -1.98. The Hall–Kier alpha value is -0.980. The molecule has 1 aliphatic carbocycles. The highest BCUT2D eigenvalue weighted by molar-refractivity contribution is 5.66. The summed E-state index contributed by atoms with van der Waals surface area (Å²) in [5.41, 5.74) is 4.02. The van der Waals surface area contributed by atoms with Gasteiger partial charge in [-0.1, -0.05) is 6.58 Å². The third-order valence-electron chi connectivity index (χ3n) is 2.12. The van der Waals surface area contributed by atoms with Crippen molar-refractivity contribution in [2.24, 2.45) is 0 Å². The second kappa shape index (κ2) is 2.01. The van der Waals surface area contributed by atoms with E-state index in [0.29, 0.717) is 0 Å². The molecular weight excluding hydrogens is 122 g/mol. The first kappa shape index (κ1) is 5.78. The van der Waals surface area contributed by atoms with E-state index in [-0.39, 0.29) is 0 Å². The summed E-state index contributed by atoms with van der Waals surface area (Å²) in [4.78, 5) is 3.23. The molecule has 0 atom stereocenters. The van der Waals surface area contributed by atoms with E-state index in [0.717, 1.165) is 0 Å². The zero-order valence-electron chi connectivity index (χ0n) is 5.98. The molecule has 1 aromatic heterocycles. The van der Waals surface area contributed by atoms with Crippen molar-refractivity contribution < 1.29 is 0 Å². The molecule has 10 heavy (non-hydrogen) atoms. The molecule has 0 aromatic carbocycles. The third kappa shape index (κ3) is 0.703. The van der Waals surface area contributed by atoms with E-state index in [9.17, 15) is 0 Å². The molecule has 1 aliphatic rings. The predicted molar refractivity (Wildman–Crippen MR) is 42.8 cm³/mol. The number of fused-ring (bicyclic) bond motifs is 1. The standard InChI is InChI=1S/C9H11N/c1-7-3-2-4-9-8(7)5-6-10-9/h5-6,10H,1-4H2. The number of aromatic amines is 1. The van der Waals surface area contributed by atoms with Crippen molar-refractivity contribution in [1.82, 2.24) is 4.98 Å². The van der Waals surface area contributed by atoms with Crippen LogP contribution < -0.4 is 0 Å². The van der Waals surface area contributed by atoms with Gasteiger partial charge >= 0.3 is 0 Å². The predicted octanol–water partition coefficient (Wildman–Crippen LogP) is 2.36. The fraction of sp³-hybridized carbons (Fsp3) is 0.333. The monoisotopic (exact) mass is 133 g/mol. The van der Waals surface area contributed by atoms with Gasteiger partial charge in [-0.05, 0) is 36.5 Å². The summed E-state index contributed by atoms with van der Waals surface area (Å²) in [7, 11) is 0. The summed E-state index contributed by atoms with van der Waals surface area (Å²) in [6.07, 6.45) is 5.62. The first-order chi connectivity index (χ1) is 4.88. The summed E-state index contributed by atoms with van der Waals surface area (Å²) in [5.74, 6) is 0. The van der Waals surface area contributed by atoms with Crippen LogP contribution in [0.1, 0.15) is 24.1 Å². The fourth-order valence-electron chi connectivity index (χ4n) is 1.56. The van der Waals surface area contributed by atoms with Gasteiger partial charge in [0.05, 0.1) is 0 Å². The zero-order chi connectivity index (χ0) is 6.97. The molecule has 0 saturated carbocycles. The molecule has 52 valence electrons. The van der Waals surface area contributed by atoms with E-state index >= 15 is 0 Å². The second-order valence-corrected chi connectivity index (χ2v) is 2.83. The summed E-state index contributed by atoms with van der Waals surface area (Å²) in [5, 5.41) is 0. The molecule has 0 amide bonds. The molecule has 1 nitrogen and oxygen atoms in total. The molecule has 0 radical (unpaired) electrons. The van der Waals surface area contributed by atoms with Crippen molar-refractivity contribution >= 4 is 5.57 Å². The summed E-state index contributed by atoms with van der Waals surface area (Å²) < 4.78 is 0. The van der Waals surface area contributed by atoms with Crippen molar-refractivity contribution in [3.05, 3.63) is 30.1 Å². The number of H-pyrrole nitrogens is 1. The Kier molecular flexibility index (Phi) is 1.16. The average molecular weight is 133 g/mol. The van der Waals surface area contributed by atoms with E-state index in [1.165, 1.54) is 36.1 Å². The van der Waals surface area contributed by atoms with E-state index < -0.39 is 0 Å². The van der Waals surface area contributed by atoms with Crippen LogP contribution in [0.4, 0.5) is 0 Å². The van der Waals surface area contributed by atoms with Crippen LogP contribution >= 0.6 is 0 Å². The van der Waals surface area contributed by atoms with E-state index in [2.05, 4.69) is 17.6 Å². The molecule has 1 heteroatoms. The van der Waals surface area contributed by atoms with Crippen molar-refractivity contribution in [2.45, 2.75) is 19.3 Å². The molecule has 2 rings (SSSR count). The van der Waals surface area contributed by atoms with Gasteiger partial charge in [0.25, 0.3) is 0 Å². The molecule has 0 fully saturated rings. The van der Waals surface area contributed by atoms with Crippen LogP contribution in [-0.4, -0.2) is 4.98 Å². The van der Waals surface area contributed by atoms with Crippen LogP contribution in [-0.2, 0) is 6.42 Å². The number of rotatable bonds is 0. The van der Waals surface area contributed by atoms with Gasteiger partial charge in [-0.15, -0.1) is 0 Å². The average Bonchev–Trinajstić information content (AvgIpc) is 2.36. The Labute approximate surface area is 60.8 Å². The molecule has 0 aliphatic heterocycles. The maximum Gasteiger partial charge on any atom is 0.0223 e. The van der Waals surface area contributed by atoms with Gasteiger partial charge in [0.1, 0.15) is 0 Å². The van der Waals surface area contributed by atoms with Gasteiger partial charge in [-0.2, -0.15) is 0 Å². The minimum Gasteiger partial charge on any atom is -0.364 e. The molecular formula is C9H11N. The van der Waals surface area contributed by atoms with E-state index in [1.54, 1.807) is 0 Å². The molecule has 0 saturated heterocycles. The van der Waals surface area contributed by atoms with Crippen LogP contribution in [0, 0.1) is 0 Å². The molecule has 0 unspecified atom stereocenters. The van der Waals surface area contributed by atoms with Gasteiger partial charge in [0.15, 0.2) is 0 Å². The van der Waals surface area contributed by atoms with Gasteiger partial charge in [-0.3, -0.25) is 0 Å². The van der Waals surface area contributed by atoms with Crippen LogP contribution in [0.25, 0.3) is 5.57 Å². The van der Waals surface area contributed by atoms with Crippen LogP contribution in [0.3, 0.4) is 0 Å². The van der Waals surface area contributed by atoms with Gasteiger partial charge in [0, 0.05) is 11.9 Å². The summed E-state index contributed by atoms with van der Waals surface area (Å²) in [6, 6.07) is 2.12. The molecule has 1 N–H and O–H groups in total. The zero-order valence-corrected chi connectivity index (χ0v) is 5.98. The Morgan fingerprint density at radius 3 is 3.10 bits per heavy atom. The number of aromatic nitrogens is 1. The number of hydrogen-bond acceptors (Lipinski definition) is 0. The first-order valence-corrected chi connectivity index (χ1v) is 3.72. The first-order valence-electron chi connectivity index (χ1n) is 3.72. The van der Waals surface area contributed by atoms with Crippen LogP contribution in [0.2, 0.25) is 0 Å². The minimum absolute atomic E-state index is 1.17. The summed E-state index contributed by atoms with van der Waals surface area (Å²) >= 11 is 0. The highest BCUT2D eigenvalue weighted by Crippen LogP contribution is 2.27. The number of allylic oxidation sites excluding steroid dienone is 1. The van der Waals surface area contributed by atoms with Gasteiger partial charge < -0.3 is 4.98 Å². The molecule has 1 aromatic rings. The quantitative estimate of drug-likeness (QED) is 0.559. The maximum absolute atomic E-state index is 4.01. The Balaban J connectivity index is 2.50. The topological polar surface area (TPSA) is 15.8 Å². The third-order valence-corrected chi connectivity index (χ3v) is 2.12. The van der Waals surface area contributed by atoms with E-state index in [4.69, 9.17) is 0 Å². The number of aryl methyl sites for hydroxylation is 1. The Morgan fingerprint density at radius 2 is 2.30 bits per heavy atom. The Morgan fingerprint density at radius 1 is 1.40 bits per heavy atom. The van der Waals surface area contributed by atoms with E-state index in [1.807, 2.05) is 6.20 Å². The molecule has 0 bridgehead atoms. The lowest BCUT2D eigenvalue weighted by molar-refractivity contribution is 0.805. The largest absolute Gasteiger partial charge is 0.364 e. The smallest absolute Gasteiger partial charge is 0.0223 e. The fourth-order valence-corrected chi connectivity index (χ4v) is 1.56. The maximum atomic E-state index is 4.01. The van der Waals surface area contributed by atoms with Crippen molar-refractivity contribution in [2.75, 3.05) is 0 Å². The van der Waals surface area contributed by atoms with Crippen molar-refractivity contribution in [1.29, 1.82) is 0 Å². The highest BCUT2D eigenvalue weighted by Gasteiger charge is 2.11. The number of hydrogen-bond donors (Lipinski definition) is 1. The van der Waals surface area contributed by atoms with Crippen molar-refractivity contribution in [3.63, 3.8) is 0 Å². The minimum atomic E-state index is 1.17. The highest BCUT2D eigenvalue weighted by atomic mass is 14.7. The van der Waals surface area contributed by atoms with Crippen molar-refractivity contribution in [3.8, 4) is 0 Å². The van der Waals surface area contributed by atoms with Crippen LogP contribution in [0.15, 0.2) is 18.8 Å². The lowest BCUT2D eigenvalue weighted by atomic mass is 9.94. The second-order valence-electron chi connectivity index (χ2n) is 2.83.